The van der Waals surface area contributed by atoms with Crippen LogP contribution in [-0.2, 0) is 0 Å². The fourth-order valence-electron chi connectivity index (χ4n) is 2.31. The van der Waals surface area contributed by atoms with E-state index in [1.807, 2.05) is 0 Å². The molecule has 2 nitrogen and oxygen atoms in total. The van der Waals surface area contributed by atoms with Crippen LogP contribution in [0, 0.1) is 5.92 Å². The SMILES string of the molecule is CCCN1C[C@@H](O)C[C@@H]1CC(C)C. The molecule has 2 atom stereocenters. The highest BCUT2D eigenvalue weighted by molar-refractivity contribution is 4.85. The molecule has 1 N–H and O–H groups in total. The number of aliphatic hydroxyl groups excluding tert-OH is 1. The number of nitrogens with zero attached hydrogens (tertiary/aromatic N) is 1. The predicted molar refractivity (Wildman–Crippen MR) is 55.7 cm³/mol. The average molecular weight is 185 g/mol. The first-order chi connectivity index (χ1) is 6.13. The van der Waals surface area contributed by atoms with E-state index in [0.717, 1.165) is 25.4 Å². The van der Waals surface area contributed by atoms with Crippen LogP contribution in [0.15, 0.2) is 0 Å². The van der Waals surface area contributed by atoms with Gasteiger partial charge < -0.3 is 5.11 Å². The van der Waals surface area contributed by atoms with E-state index in [1.165, 1.54) is 12.8 Å². The molecular formula is C11H23NO. The largest absolute Gasteiger partial charge is 0.392 e. The third kappa shape index (κ3) is 3.28. The molecule has 0 saturated carbocycles. The van der Waals surface area contributed by atoms with Crippen LogP contribution in [0.4, 0.5) is 0 Å². The summed E-state index contributed by atoms with van der Waals surface area (Å²) in [6.45, 7) is 8.76. The maximum absolute atomic E-state index is 9.57. The normalized spacial score (nSPS) is 30.2. The minimum atomic E-state index is -0.0738. The number of aliphatic hydroxyl groups is 1. The highest BCUT2D eigenvalue weighted by Crippen LogP contribution is 2.23. The molecule has 0 aromatic carbocycles. The number of β-amino-alcohol motifs (C(OH)–C–C–N with tert-alkyl or cyclic N) is 1. The summed E-state index contributed by atoms with van der Waals surface area (Å²) in [6, 6.07) is 0.634. The van der Waals surface area contributed by atoms with Crippen molar-refractivity contribution in [2.45, 2.75) is 52.2 Å². The van der Waals surface area contributed by atoms with E-state index in [-0.39, 0.29) is 6.10 Å². The molecule has 1 fully saturated rings. The monoisotopic (exact) mass is 185 g/mol. The summed E-state index contributed by atoms with van der Waals surface area (Å²) in [5.74, 6) is 0.745. The second kappa shape index (κ2) is 4.97. The lowest BCUT2D eigenvalue weighted by Crippen LogP contribution is -2.31. The molecule has 0 bridgehead atoms. The van der Waals surface area contributed by atoms with Crippen LogP contribution in [0.2, 0.25) is 0 Å². The Bertz CT molecular complexity index is 147. The Morgan fingerprint density at radius 1 is 1.46 bits per heavy atom. The molecule has 0 unspecified atom stereocenters. The zero-order valence-corrected chi connectivity index (χ0v) is 9.16. The third-order valence-corrected chi connectivity index (χ3v) is 2.76. The lowest BCUT2D eigenvalue weighted by atomic mass is 10.0. The lowest BCUT2D eigenvalue weighted by molar-refractivity contribution is 0.174. The second-order valence-corrected chi connectivity index (χ2v) is 4.67. The number of rotatable bonds is 4. The Labute approximate surface area is 81.9 Å². The van der Waals surface area contributed by atoms with Gasteiger partial charge in [-0.15, -0.1) is 0 Å². The Kier molecular flexibility index (Phi) is 4.20. The summed E-state index contributed by atoms with van der Waals surface area (Å²) in [4.78, 5) is 2.45. The Balaban J connectivity index is 2.40. The van der Waals surface area contributed by atoms with Gasteiger partial charge >= 0.3 is 0 Å². The van der Waals surface area contributed by atoms with Gasteiger partial charge in [0.25, 0.3) is 0 Å². The summed E-state index contributed by atoms with van der Waals surface area (Å²) in [5, 5.41) is 9.57. The maximum atomic E-state index is 9.57. The molecule has 1 aliphatic heterocycles. The lowest BCUT2D eigenvalue weighted by Gasteiger charge is -2.24. The first-order valence-corrected chi connectivity index (χ1v) is 5.55. The molecule has 0 amide bonds. The maximum Gasteiger partial charge on any atom is 0.0682 e. The molecule has 1 rings (SSSR count). The summed E-state index contributed by atoms with van der Waals surface area (Å²) >= 11 is 0. The standard InChI is InChI=1S/C11H23NO/c1-4-5-12-8-11(13)7-10(12)6-9(2)3/h9-11,13H,4-8H2,1-3H3/t10-,11-/m0/s1. The Morgan fingerprint density at radius 2 is 2.15 bits per heavy atom. The van der Waals surface area contributed by atoms with Crippen molar-refractivity contribution < 1.29 is 5.11 Å². The molecule has 0 aliphatic carbocycles. The van der Waals surface area contributed by atoms with Crippen molar-refractivity contribution in [2.75, 3.05) is 13.1 Å². The van der Waals surface area contributed by atoms with E-state index in [4.69, 9.17) is 0 Å². The fourth-order valence-corrected chi connectivity index (χ4v) is 2.31. The van der Waals surface area contributed by atoms with Crippen molar-refractivity contribution in [2.24, 2.45) is 5.92 Å². The first kappa shape index (κ1) is 11.0. The quantitative estimate of drug-likeness (QED) is 0.723. The van der Waals surface area contributed by atoms with Crippen LogP contribution < -0.4 is 0 Å². The zero-order valence-electron chi connectivity index (χ0n) is 9.16. The third-order valence-electron chi connectivity index (χ3n) is 2.76. The first-order valence-electron chi connectivity index (χ1n) is 5.55. The molecule has 1 heterocycles. The van der Waals surface area contributed by atoms with Gasteiger partial charge in [0.15, 0.2) is 0 Å². The van der Waals surface area contributed by atoms with Crippen LogP contribution in [-0.4, -0.2) is 35.2 Å². The van der Waals surface area contributed by atoms with Crippen molar-refractivity contribution in [1.29, 1.82) is 0 Å². The summed E-state index contributed by atoms with van der Waals surface area (Å²) < 4.78 is 0. The van der Waals surface area contributed by atoms with Crippen molar-refractivity contribution in [1.82, 2.24) is 4.90 Å². The second-order valence-electron chi connectivity index (χ2n) is 4.67. The zero-order chi connectivity index (χ0) is 9.84. The fraction of sp³-hybridized carbons (Fsp3) is 1.00. The average Bonchev–Trinajstić information content (AvgIpc) is 2.31. The topological polar surface area (TPSA) is 23.5 Å². The molecule has 2 heteroatoms. The van der Waals surface area contributed by atoms with Crippen molar-refractivity contribution in [3.63, 3.8) is 0 Å². The number of likely N-dealkylation sites (tertiary alicyclic amines) is 1. The van der Waals surface area contributed by atoms with E-state index >= 15 is 0 Å². The molecule has 1 aliphatic rings. The number of hydrogen-bond acceptors (Lipinski definition) is 2. The van der Waals surface area contributed by atoms with Crippen molar-refractivity contribution in [3.8, 4) is 0 Å². The van der Waals surface area contributed by atoms with Crippen molar-refractivity contribution >= 4 is 0 Å². The molecule has 0 spiro atoms. The molecule has 0 radical (unpaired) electrons. The van der Waals surface area contributed by atoms with Crippen LogP contribution in [0.3, 0.4) is 0 Å². The molecular weight excluding hydrogens is 162 g/mol. The van der Waals surface area contributed by atoms with E-state index in [9.17, 15) is 5.11 Å². The van der Waals surface area contributed by atoms with E-state index in [1.54, 1.807) is 0 Å². The summed E-state index contributed by atoms with van der Waals surface area (Å²) in [5.41, 5.74) is 0. The van der Waals surface area contributed by atoms with Gasteiger partial charge in [-0.25, -0.2) is 0 Å². The van der Waals surface area contributed by atoms with Gasteiger partial charge in [-0.1, -0.05) is 20.8 Å². The molecule has 13 heavy (non-hydrogen) atoms. The molecule has 0 aromatic rings. The van der Waals surface area contributed by atoms with Gasteiger partial charge in [0.1, 0.15) is 0 Å². The van der Waals surface area contributed by atoms with Crippen LogP contribution in [0.25, 0.3) is 0 Å². The highest BCUT2D eigenvalue weighted by atomic mass is 16.3. The van der Waals surface area contributed by atoms with E-state index in [0.29, 0.717) is 6.04 Å². The summed E-state index contributed by atoms with van der Waals surface area (Å²) in [7, 11) is 0. The highest BCUT2D eigenvalue weighted by Gasteiger charge is 2.30. The molecule has 78 valence electrons. The molecule has 1 saturated heterocycles. The van der Waals surface area contributed by atoms with Gasteiger partial charge in [-0.05, 0) is 31.7 Å². The van der Waals surface area contributed by atoms with Crippen LogP contribution in [0.5, 0.6) is 0 Å². The molecule has 0 aromatic heterocycles. The van der Waals surface area contributed by atoms with Gasteiger partial charge in [-0.3, -0.25) is 4.90 Å². The van der Waals surface area contributed by atoms with Crippen LogP contribution >= 0.6 is 0 Å². The minimum Gasteiger partial charge on any atom is -0.392 e. The Morgan fingerprint density at radius 3 is 2.69 bits per heavy atom. The number of hydrogen-bond donors (Lipinski definition) is 1. The smallest absolute Gasteiger partial charge is 0.0682 e. The van der Waals surface area contributed by atoms with Crippen LogP contribution in [0.1, 0.15) is 40.0 Å². The van der Waals surface area contributed by atoms with Gasteiger partial charge in [0.2, 0.25) is 0 Å². The van der Waals surface area contributed by atoms with Crippen molar-refractivity contribution in [3.05, 3.63) is 0 Å². The van der Waals surface area contributed by atoms with Gasteiger partial charge in [0, 0.05) is 12.6 Å². The van der Waals surface area contributed by atoms with Gasteiger partial charge in [-0.2, -0.15) is 0 Å². The Hall–Kier alpha value is -0.0800. The summed E-state index contributed by atoms with van der Waals surface area (Å²) in [6.07, 6.45) is 3.34. The minimum absolute atomic E-state index is 0.0738. The van der Waals surface area contributed by atoms with E-state index in [2.05, 4.69) is 25.7 Å². The van der Waals surface area contributed by atoms with E-state index < -0.39 is 0 Å². The van der Waals surface area contributed by atoms with Gasteiger partial charge in [0.05, 0.1) is 6.10 Å². The predicted octanol–water partition coefficient (Wildman–Crippen LogP) is 1.88.